The van der Waals surface area contributed by atoms with Crippen LogP contribution in [0, 0.1) is 5.92 Å². The molecule has 0 saturated heterocycles. The van der Waals surface area contributed by atoms with E-state index in [0.717, 1.165) is 32.1 Å². The van der Waals surface area contributed by atoms with Crippen molar-refractivity contribution in [2.24, 2.45) is 5.92 Å². The first-order valence-corrected chi connectivity index (χ1v) is 11.1. The van der Waals surface area contributed by atoms with Crippen molar-refractivity contribution in [2.45, 2.75) is 58.0 Å². The van der Waals surface area contributed by atoms with Gasteiger partial charge in [0.25, 0.3) is 5.91 Å². The topological polar surface area (TPSA) is 74.6 Å². The van der Waals surface area contributed by atoms with Crippen molar-refractivity contribution in [3.8, 4) is 0 Å². The standard InChI is InChI=1S/C24H31N3O3/c1-17-15-19-9-5-6-10-21(19)27(17)16-22-20(11-14-30-22)24(29)26-13-12-25-23(28)18-7-3-2-4-8-18/h5-6,9-11,14,17-18H,2-4,7-8,12-13,15-16H2,1H3,(H,25,28)(H,26,29). The Labute approximate surface area is 178 Å². The molecule has 1 atom stereocenters. The fourth-order valence-electron chi connectivity index (χ4n) is 4.66. The Hall–Kier alpha value is -2.76. The summed E-state index contributed by atoms with van der Waals surface area (Å²) in [4.78, 5) is 27.2. The third-order valence-corrected chi connectivity index (χ3v) is 6.34. The van der Waals surface area contributed by atoms with E-state index in [1.165, 1.54) is 17.7 Å². The van der Waals surface area contributed by atoms with E-state index in [2.05, 4.69) is 40.7 Å². The van der Waals surface area contributed by atoms with Crippen LogP contribution >= 0.6 is 0 Å². The van der Waals surface area contributed by atoms with Crippen LogP contribution in [0.25, 0.3) is 0 Å². The average molecular weight is 410 g/mol. The van der Waals surface area contributed by atoms with Crippen molar-refractivity contribution < 1.29 is 14.0 Å². The third-order valence-electron chi connectivity index (χ3n) is 6.34. The molecule has 0 spiro atoms. The summed E-state index contributed by atoms with van der Waals surface area (Å²) in [5.74, 6) is 0.767. The van der Waals surface area contributed by atoms with Gasteiger partial charge in [0.05, 0.1) is 18.4 Å². The molecule has 30 heavy (non-hydrogen) atoms. The Balaban J connectivity index is 1.29. The molecule has 1 saturated carbocycles. The summed E-state index contributed by atoms with van der Waals surface area (Å²) >= 11 is 0. The maximum absolute atomic E-state index is 12.7. The number of carbonyl (C=O) groups is 2. The summed E-state index contributed by atoms with van der Waals surface area (Å²) in [6.45, 7) is 3.61. The van der Waals surface area contributed by atoms with E-state index in [4.69, 9.17) is 4.42 Å². The molecule has 1 aromatic carbocycles. The number of rotatable bonds is 7. The molecule has 4 rings (SSSR count). The molecule has 1 aromatic heterocycles. The SMILES string of the molecule is CC1Cc2ccccc2N1Cc1occc1C(=O)NCCNC(=O)C1CCCCC1. The number of benzene rings is 1. The Morgan fingerprint density at radius 2 is 1.83 bits per heavy atom. The minimum atomic E-state index is -0.161. The molecule has 2 N–H and O–H groups in total. The van der Waals surface area contributed by atoms with Gasteiger partial charge in [-0.25, -0.2) is 0 Å². The van der Waals surface area contributed by atoms with Crippen LogP contribution in [0.3, 0.4) is 0 Å². The van der Waals surface area contributed by atoms with Gasteiger partial charge in [0.1, 0.15) is 5.76 Å². The van der Waals surface area contributed by atoms with Gasteiger partial charge in [-0.2, -0.15) is 0 Å². The molecule has 1 aliphatic carbocycles. The first kappa shape index (κ1) is 20.5. The molecule has 2 aliphatic rings. The highest BCUT2D eigenvalue weighted by Gasteiger charge is 2.28. The predicted octanol–water partition coefficient (Wildman–Crippen LogP) is 3.66. The number of para-hydroxylation sites is 1. The quantitative estimate of drug-likeness (QED) is 0.685. The normalized spacial score (nSPS) is 18.8. The molecular formula is C24H31N3O3. The molecule has 6 nitrogen and oxygen atoms in total. The van der Waals surface area contributed by atoms with Crippen LogP contribution in [-0.2, 0) is 17.8 Å². The van der Waals surface area contributed by atoms with E-state index in [9.17, 15) is 9.59 Å². The van der Waals surface area contributed by atoms with Gasteiger partial charge in [-0.1, -0.05) is 37.5 Å². The molecule has 1 fully saturated rings. The second-order valence-electron chi connectivity index (χ2n) is 8.45. The zero-order valence-electron chi connectivity index (χ0n) is 17.7. The molecular weight excluding hydrogens is 378 g/mol. The van der Waals surface area contributed by atoms with E-state index >= 15 is 0 Å². The van der Waals surface area contributed by atoms with Crippen molar-refractivity contribution in [3.63, 3.8) is 0 Å². The number of nitrogens with one attached hydrogen (secondary N) is 2. The first-order chi connectivity index (χ1) is 14.6. The van der Waals surface area contributed by atoms with Gasteiger partial charge in [0.2, 0.25) is 5.91 Å². The maximum Gasteiger partial charge on any atom is 0.254 e. The van der Waals surface area contributed by atoms with E-state index < -0.39 is 0 Å². The van der Waals surface area contributed by atoms with Gasteiger partial charge in [0.15, 0.2) is 0 Å². The zero-order valence-corrected chi connectivity index (χ0v) is 17.7. The maximum atomic E-state index is 12.7. The van der Waals surface area contributed by atoms with Crippen LogP contribution in [0.15, 0.2) is 41.0 Å². The largest absolute Gasteiger partial charge is 0.467 e. The first-order valence-electron chi connectivity index (χ1n) is 11.1. The van der Waals surface area contributed by atoms with Gasteiger partial charge >= 0.3 is 0 Å². The zero-order chi connectivity index (χ0) is 20.9. The lowest BCUT2D eigenvalue weighted by Crippen LogP contribution is -2.38. The summed E-state index contributed by atoms with van der Waals surface area (Å²) in [6.07, 6.45) is 8.04. The smallest absolute Gasteiger partial charge is 0.254 e. The Morgan fingerprint density at radius 1 is 1.07 bits per heavy atom. The Kier molecular flexibility index (Phi) is 6.41. The van der Waals surface area contributed by atoms with Gasteiger partial charge in [-0.05, 0) is 43.9 Å². The van der Waals surface area contributed by atoms with Gasteiger partial charge in [-0.15, -0.1) is 0 Å². The molecule has 2 heterocycles. The van der Waals surface area contributed by atoms with Crippen molar-refractivity contribution in [2.75, 3.05) is 18.0 Å². The van der Waals surface area contributed by atoms with Crippen molar-refractivity contribution >= 4 is 17.5 Å². The third kappa shape index (κ3) is 4.53. The number of hydrogen-bond acceptors (Lipinski definition) is 4. The van der Waals surface area contributed by atoms with Crippen LogP contribution in [-0.4, -0.2) is 30.9 Å². The average Bonchev–Trinajstić information content (AvgIpc) is 3.36. The van der Waals surface area contributed by atoms with Gasteiger partial charge in [0, 0.05) is 30.7 Å². The van der Waals surface area contributed by atoms with Crippen LogP contribution in [0.2, 0.25) is 0 Å². The second kappa shape index (κ2) is 9.37. The number of anilines is 1. The predicted molar refractivity (Wildman–Crippen MR) is 116 cm³/mol. The Morgan fingerprint density at radius 3 is 2.67 bits per heavy atom. The number of furan rings is 1. The van der Waals surface area contributed by atoms with E-state index in [1.807, 2.05) is 6.07 Å². The minimum Gasteiger partial charge on any atom is -0.467 e. The van der Waals surface area contributed by atoms with E-state index in [0.29, 0.717) is 37.0 Å². The van der Waals surface area contributed by atoms with Gasteiger partial charge in [-0.3, -0.25) is 9.59 Å². The minimum absolute atomic E-state index is 0.120. The molecule has 160 valence electrons. The number of nitrogens with zero attached hydrogens (tertiary/aromatic N) is 1. The lowest BCUT2D eigenvalue weighted by molar-refractivity contribution is -0.125. The summed E-state index contributed by atoms with van der Waals surface area (Å²) in [5.41, 5.74) is 3.10. The summed E-state index contributed by atoms with van der Waals surface area (Å²) in [6, 6.07) is 10.5. The lowest BCUT2D eigenvalue weighted by atomic mass is 9.89. The second-order valence-corrected chi connectivity index (χ2v) is 8.45. The van der Waals surface area contributed by atoms with E-state index in [-0.39, 0.29) is 17.7 Å². The highest BCUT2D eigenvalue weighted by molar-refractivity contribution is 5.95. The van der Waals surface area contributed by atoms with Crippen molar-refractivity contribution in [1.82, 2.24) is 10.6 Å². The number of fused-ring (bicyclic) bond motifs is 1. The highest BCUT2D eigenvalue weighted by atomic mass is 16.3. The van der Waals surface area contributed by atoms with Crippen LogP contribution in [0.1, 0.15) is 60.7 Å². The molecule has 1 unspecified atom stereocenters. The summed E-state index contributed by atoms with van der Waals surface area (Å²) < 4.78 is 5.66. The fraction of sp³-hybridized carbons (Fsp3) is 0.500. The highest BCUT2D eigenvalue weighted by Crippen LogP contribution is 2.33. The number of carbonyl (C=O) groups excluding carboxylic acids is 2. The molecule has 0 bridgehead atoms. The molecule has 2 amide bonds. The van der Waals surface area contributed by atoms with Gasteiger partial charge < -0.3 is 20.0 Å². The molecule has 2 aromatic rings. The molecule has 0 radical (unpaired) electrons. The van der Waals surface area contributed by atoms with Crippen molar-refractivity contribution in [1.29, 1.82) is 0 Å². The summed E-state index contributed by atoms with van der Waals surface area (Å²) in [5, 5.41) is 5.86. The van der Waals surface area contributed by atoms with Crippen LogP contribution in [0.4, 0.5) is 5.69 Å². The molecule has 6 heteroatoms. The van der Waals surface area contributed by atoms with E-state index in [1.54, 1.807) is 12.3 Å². The fourth-order valence-corrected chi connectivity index (χ4v) is 4.66. The molecule has 1 aliphatic heterocycles. The van der Waals surface area contributed by atoms with Crippen LogP contribution < -0.4 is 15.5 Å². The monoisotopic (exact) mass is 409 g/mol. The number of amides is 2. The van der Waals surface area contributed by atoms with Crippen molar-refractivity contribution in [3.05, 3.63) is 53.5 Å². The lowest BCUT2D eigenvalue weighted by Gasteiger charge is -2.24. The van der Waals surface area contributed by atoms with Crippen LogP contribution in [0.5, 0.6) is 0 Å². The Bertz CT molecular complexity index is 885. The summed E-state index contributed by atoms with van der Waals surface area (Å²) in [7, 11) is 0. The number of hydrogen-bond donors (Lipinski definition) is 2.